The van der Waals surface area contributed by atoms with Crippen LogP contribution in [0.5, 0.6) is 11.5 Å². The number of methoxy groups -OCH3 is 2. The molecule has 1 aromatic carbocycles. The number of carbonyl (C=O) groups excluding carboxylic acids is 2. The largest absolute Gasteiger partial charge is 0.493 e. The zero-order chi connectivity index (χ0) is 20.6. The number of ether oxygens (including phenoxy) is 2. The Balaban J connectivity index is 1.54. The lowest BCUT2D eigenvalue weighted by Crippen LogP contribution is -2.37. The quantitative estimate of drug-likeness (QED) is 0.738. The van der Waals surface area contributed by atoms with Crippen molar-refractivity contribution in [1.29, 1.82) is 0 Å². The molecule has 2 heterocycles. The van der Waals surface area contributed by atoms with Crippen molar-refractivity contribution in [3.05, 3.63) is 48.0 Å². The third-order valence-electron chi connectivity index (χ3n) is 4.99. The molecule has 3 rings (SSSR count). The predicted octanol–water partition coefficient (Wildman–Crippen LogP) is 1.80. The number of aryl methyl sites for hydroxylation is 1. The fraction of sp³-hybridized carbons (Fsp3) is 0.429. The SMILES string of the molecule is COc1ccc(CCC(=O)N2CCCN(C(=O)c3cnccn3)CC2)cc1OC. The Bertz CT molecular complexity index is 844. The zero-order valence-electron chi connectivity index (χ0n) is 16.8. The van der Waals surface area contributed by atoms with Crippen LogP contribution in [0.1, 0.15) is 28.9 Å². The fourth-order valence-electron chi connectivity index (χ4n) is 3.39. The van der Waals surface area contributed by atoms with Crippen LogP contribution in [0.3, 0.4) is 0 Å². The van der Waals surface area contributed by atoms with Crippen LogP contribution in [0.4, 0.5) is 0 Å². The van der Waals surface area contributed by atoms with E-state index in [1.807, 2.05) is 23.1 Å². The van der Waals surface area contributed by atoms with E-state index in [0.29, 0.717) is 56.2 Å². The van der Waals surface area contributed by atoms with Gasteiger partial charge in [0.25, 0.3) is 5.91 Å². The molecule has 2 amide bonds. The van der Waals surface area contributed by atoms with Crippen molar-refractivity contribution in [2.45, 2.75) is 19.3 Å². The molecule has 0 bridgehead atoms. The van der Waals surface area contributed by atoms with Crippen LogP contribution in [-0.4, -0.2) is 72.0 Å². The first kappa shape index (κ1) is 20.6. The number of benzene rings is 1. The van der Waals surface area contributed by atoms with Crippen molar-refractivity contribution in [1.82, 2.24) is 19.8 Å². The lowest BCUT2D eigenvalue weighted by molar-refractivity contribution is -0.131. The highest BCUT2D eigenvalue weighted by Gasteiger charge is 2.23. The summed E-state index contributed by atoms with van der Waals surface area (Å²) in [5, 5.41) is 0. The minimum Gasteiger partial charge on any atom is -0.493 e. The number of hydrogen-bond acceptors (Lipinski definition) is 6. The van der Waals surface area contributed by atoms with E-state index in [1.54, 1.807) is 19.1 Å². The molecule has 2 aromatic rings. The van der Waals surface area contributed by atoms with Gasteiger partial charge in [-0.25, -0.2) is 4.98 Å². The second kappa shape index (κ2) is 9.86. The summed E-state index contributed by atoms with van der Waals surface area (Å²) >= 11 is 0. The number of carbonyl (C=O) groups is 2. The van der Waals surface area contributed by atoms with Crippen molar-refractivity contribution < 1.29 is 19.1 Å². The Labute approximate surface area is 170 Å². The molecular formula is C21H26N4O4. The summed E-state index contributed by atoms with van der Waals surface area (Å²) in [5.74, 6) is 1.28. The van der Waals surface area contributed by atoms with Crippen LogP contribution in [-0.2, 0) is 11.2 Å². The standard InChI is InChI=1S/C21H26N4O4/c1-28-18-6-4-16(14-19(18)29-2)5-7-20(26)24-10-3-11-25(13-12-24)21(27)17-15-22-8-9-23-17/h4,6,8-9,14-15H,3,5,7,10-13H2,1-2H3. The van der Waals surface area contributed by atoms with Gasteiger partial charge < -0.3 is 19.3 Å². The summed E-state index contributed by atoms with van der Waals surface area (Å²) in [5.41, 5.74) is 1.35. The molecule has 1 aliphatic rings. The highest BCUT2D eigenvalue weighted by atomic mass is 16.5. The van der Waals surface area contributed by atoms with Crippen molar-refractivity contribution in [3.63, 3.8) is 0 Å². The molecule has 154 valence electrons. The van der Waals surface area contributed by atoms with Gasteiger partial charge in [-0.2, -0.15) is 0 Å². The van der Waals surface area contributed by atoms with E-state index in [9.17, 15) is 9.59 Å². The fourth-order valence-corrected chi connectivity index (χ4v) is 3.39. The van der Waals surface area contributed by atoms with Crippen molar-refractivity contribution in [2.24, 2.45) is 0 Å². The smallest absolute Gasteiger partial charge is 0.274 e. The molecule has 0 atom stereocenters. The van der Waals surface area contributed by atoms with E-state index in [0.717, 1.165) is 12.0 Å². The molecule has 0 spiro atoms. The van der Waals surface area contributed by atoms with Gasteiger partial charge in [0.05, 0.1) is 20.4 Å². The number of hydrogen-bond donors (Lipinski definition) is 0. The molecule has 0 radical (unpaired) electrons. The van der Waals surface area contributed by atoms with Gasteiger partial charge in [0, 0.05) is 45.0 Å². The average Bonchev–Trinajstić information content (AvgIpc) is 3.03. The van der Waals surface area contributed by atoms with Crippen molar-refractivity contribution in [2.75, 3.05) is 40.4 Å². The first-order valence-electron chi connectivity index (χ1n) is 9.66. The Morgan fingerprint density at radius 1 is 1.00 bits per heavy atom. The topological polar surface area (TPSA) is 84.9 Å². The van der Waals surface area contributed by atoms with Crippen molar-refractivity contribution in [3.8, 4) is 11.5 Å². The Hall–Kier alpha value is -3.16. The van der Waals surface area contributed by atoms with E-state index in [2.05, 4.69) is 9.97 Å². The van der Waals surface area contributed by atoms with Crippen LogP contribution in [0.25, 0.3) is 0 Å². The Morgan fingerprint density at radius 3 is 2.48 bits per heavy atom. The molecule has 8 nitrogen and oxygen atoms in total. The van der Waals surface area contributed by atoms with Gasteiger partial charge in [-0.1, -0.05) is 6.07 Å². The van der Waals surface area contributed by atoms with Crippen LogP contribution in [0.2, 0.25) is 0 Å². The van der Waals surface area contributed by atoms with Crippen LogP contribution < -0.4 is 9.47 Å². The maximum absolute atomic E-state index is 12.7. The maximum atomic E-state index is 12.7. The molecule has 1 aromatic heterocycles. The molecular weight excluding hydrogens is 372 g/mol. The lowest BCUT2D eigenvalue weighted by atomic mass is 10.1. The third-order valence-corrected chi connectivity index (χ3v) is 4.99. The molecule has 1 aliphatic heterocycles. The second-order valence-corrected chi connectivity index (χ2v) is 6.81. The molecule has 0 aliphatic carbocycles. The van der Waals surface area contributed by atoms with Crippen LogP contribution >= 0.6 is 0 Å². The van der Waals surface area contributed by atoms with E-state index in [1.165, 1.54) is 18.6 Å². The van der Waals surface area contributed by atoms with Gasteiger partial charge in [-0.3, -0.25) is 14.6 Å². The molecule has 1 fully saturated rings. The molecule has 8 heteroatoms. The number of aromatic nitrogens is 2. The summed E-state index contributed by atoms with van der Waals surface area (Å²) in [6, 6.07) is 5.69. The molecule has 0 saturated carbocycles. The minimum absolute atomic E-state index is 0.0913. The third kappa shape index (κ3) is 5.22. The van der Waals surface area contributed by atoms with Crippen molar-refractivity contribution >= 4 is 11.8 Å². The second-order valence-electron chi connectivity index (χ2n) is 6.81. The van der Waals surface area contributed by atoms with Gasteiger partial charge >= 0.3 is 0 Å². The normalized spacial score (nSPS) is 14.3. The van der Waals surface area contributed by atoms with Gasteiger partial charge in [-0.05, 0) is 30.5 Å². The molecule has 0 unspecified atom stereocenters. The van der Waals surface area contributed by atoms with E-state index in [4.69, 9.17) is 9.47 Å². The maximum Gasteiger partial charge on any atom is 0.274 e. The summed E-state index contributed by atoms with van der Waals surface area (Å²) in [6.45, 7) is 2.28. The van der Waals surface area contributed by atoms with Crippen LogP contribution in [0, 0.1) is 0 Å². The highest BCUT2D eigenvalue weighted by Crippen LogP contribution is 2.28. The lowest BCUT2D eigenvalue weighted by Gasteiger charge is -2.22. The average molecular weight is 398 g/mol. The first-order chi connectivity index (χ1) is 14.1. The number of amides is 2. The van der Waals surface area contributed by atoms with E-state index < -0.39 is 0 Å². The summed E-state index contributed by atoms with van der Waals surface area (Å²) in [7, 11) is 3.19. The summed E-state index contributed by atoms with van der Waals surface area (Å²) < 4.78 is 10.6. The van der Waals surface area contributed by atoms with E-state index >= 15 is 0 Å². The highest BCUT2D eigenvalue weighted by molar-refractivity contribution is 5.92. The number of rotatable bonds is 6. The first-order valence-corrected chi connectivity index (χ1v) is 9.66. The molecule has 29 heavy (non-hydrogen) atoms. The van der Waals surface area contributed by atoms with Gasteiger partial charge in [-0.15, -0.1) is 0 Å². The van der Waals surface area contributed by atoms with E-state index in [-0.39, 0.29) is 11.8 Å². The Morgan fingerprint density at radius 2 is 1.76 bits per heavy atom. The molecule has 0 N–H and O–H groups in total. The monoisotopic (exact) mass is 398 g/mol. The predicted molar refractivity (Wildman–Crippen MR) is 107 cm³/mol. The Kier molecular flexibility index (Phi) is 6.99. The summed E-state index contributed by atoms with van der Waals surface area (Å²) in [6.07, 6.45) is 6.30. The summed E-state index contributed by atoms with van der Waals surface area (Å²) in [4.78, 5) is 36.8. The molecule has 1 saturated heterocycles. The van der Waals surface area contributed by atoms with Gasteiger partial charge in [0.1, 0.15) is 5.69 Å². The van der Waals surface area contributed by atoms with Gasteiger partial charge in [0.2, 0.25) is 5.91 Å². The van der Waals surface area contributed by atoms with Crippen LogP contribution in [0.15, 0.2) is 36.8 Å². The van der Waals surface area contributed by atoms with Gasteiger partial charge in [0.15, 0.2) is 11.5 Å². The number of nitrogens with zero attached hydrogens (tertiary/aromatic N) is 4. The zero-order valence-corrected chi connectivity index (χ0v) is 16.8. The minimum atomic E-state index is -0.141.